The van der Waals surface area contributed by atoms with Crippen molar-refractivity contribution in [1.29, 1.82) is 0 Å². The summed E-state index contributed by atoms with van der Waals surface area (Å²) in [6.07, 6.45) is -0.301. The molecule has 3 rings (SSSR count). The molecule has 0 spiro atoms. The van der Waals surface area contributed by atoms with Gasteiger partial charge in [0.25, 0.3) is 0 Å². The summed E-state index contributed by atoms with van der Waals surface area (Å²) < 4.78 is 6.44. The van der Waals surface area contributed by atoms with Crippen LogP contribution in [0.25, 0.3) is 5.69 Å². The van der Waals surface area contributed by atoms with Crippen LogP contribution in [-0.4, -0.2) is 35.9 Å². The number of methoxy groups -OCH3 is 1. The molecule has 31 heavy (non-hydrogen) atoms. The SMILES string of the molecule is COC(=O)N(C)c1ccc(NC(=O)Cc2c(C)nn(-c3ccc(Cl)c(Cl)c3)c2C)cc1. The molecule has 1 N–H and O–H groups in total. The molecule has 162 valence electrons. The molecule has 0 saturated heterocycles. The zero-order chi connectivity index (χ0) is 22.7. The van der Waals surface area contributed by atoms with Gasteiger partial charge in [-0.2, -0.15) is 5.10 Å². The van der Waals surface area contributed by atoms with Crippen molar-refractivity contribution in [2.45, 2.75) is 20.3 Å². The quantitative estimate of drug-likeness (QED) is 0.568. The van der Waals surface area contributed by atoms with Crippen molar-refractivity contribution >= 4 is 46.6 Å². The molecule has 3 aromatic rings. The molecule has 7 nitrogen and oxygen atoms in total. The molecular weight excluding hydrogens is 439 g/mol. The van der Waals surface area contributed by atoms with Crippen molar-refractivity contribution in [2.75, 3.05) is 24.4 Å². The predicted molar refractivity (Wildman–Crippen MR) is 123 cm³/mol. The first-order valence-electron chi connectivity index (χ1n) is 9.43. The molecule has 0 unspecified atom stereocenters. The molecule has 0 radical (unpaired) electrons. The highest BCUT2D eigenvalue weighted by molar-refractivity contribution is 6.42. The Morgan fingerprint density at radius 2 is 1.77 bits per heavy atom. The van der Waals surface area contributed by atoms with Crippen LogP contribution in [0.1, 0.15) is 17.0 Å². The largest absolute Gasteiger partial charge is 0.452 e. The van der Waals surface area contributed by atoms with Crippen molar-refractivity contribution in [3.05, 3.63) is 69.5 Å². The van der Waals surface area contributed by atoms with Crippen molar-refractivity contribution < 1.29 is 14.3 Å². The second kappa shape index (κ2) is 9.41. The van der Waals surface area contributed by atoms with Gasteiger partial charge in [-0.15, -0.1) is 0 Å². The Balaban J connectivity index is 1.73. The second-order valence-corrected chi connectivity index (χ2v) is 7.77. The summed E-state index contributed by atoms with van der Waals surface area (Å²) in [5, 5.41) is 8.33. The average molecular weight is 461 g/mol. The molecule has 0 aliphatic rings. The smallest absolute Gasteiger partial charge is 0.413 e. The monoisotopic (exact) mass is 460 g/mol. The highest BCUT2D eigenvalue weighted by Crippen LogP contribution is 2.26. The first-order valence-corrected chi connectivity index (χ1v) is 10.2. The zero-order valence-electron chi connectivity index (χ0n) is 17.6. The number of benzene rings is 2. The number of aryl methyl sites for hydroxylation is 1. The maximum atomic E-state index is 12.6. The molecule has 0 atom stereocenters. The van der Waals surface area contributed by atoms with Gasteiger partial charge < -0.3 is 10.1 Å². The first kappa shape index (κ1) is 22.7. The molecule has 2 amide bonds. The summed E-state index contributed by atoms with van der Waals surface area (Å²) in [6.45, 7) is 3.77. The number of nitrogens with one attached hydrogen (secondary N) is 1. The molecule has 0 bridgehead atoms. The molecule has 0 fully saturated rings. The van der Waals surface area contributed by atoms with E-state index in [4.69, 9.17) is 27.9 Å². The number of aromatic nitrogens is 2. The Morgan fingerprint density at radius 1 is 1.10 bits per heavy atom. The van der Waals surface area contributed by atoms with E-state index in [0.717, 1.165) is 22.6 Å². The Hall–Kier alpha value is -3.03. The standard InChI is InChI=1S/C22H22Cl2N4O3/c1-13-18(14(2)28(26-13)17-9-10-19(23)20(24)11-17)12-21(29)25-15-5-7-16(8-6-15)27(3)22(30)31-4/h5-11H,12H2,1-4H3,(H,25,29). The Bertz CT molecular complexity index is 1130. The number of nitrogens with zero attached hydrogens (tertiary/aromatic N) is 3. The Kier molecular flexibility index (Phi) is 6.87. The van der Waals surface area contributed by atoms with Crippen molar-refractivity contribution in [3.8, 4) is 5.69 Å². The number of carbonyl (C=O) groups is 2. The van der Waals surface area contributed by atoms with Crippen LogP contribution in [0.5, 0.6) is 0 Å². The minimum Gasteiger partial charge on any atom is -0.452 e. The fourth-order valence-corrected chi connectivity index (χ4v) is 3.47. The van der Waals surface area contributed by atoms with E-state index in [1.165, 1.54) is 12.0 Å². The number of amides is 2. The maximum absolute atomic E-state index is 12.6. The highest BCUT2D eigenvalue weighted by Gasteiger charge is 2.17. The van der Waals surface area contributed by atoms with Gasteiger partial charge in [0.05, 0.1) is 35.0 Å². The molecule has 1 aromatic heterocycles. The van der Waals surface area contributed by atoms with Gasteiger partial charge in [-0.3, -0.25) is 9.69 Å². The van der Waals surface area contributed by atoms with Gasteiger partial charge in [0.2, 0.25) is 5.91 Å². The second-order valence-electron chi connectivity index (χ2n) is 6.96. The fourth-order valence-electron chi connectivity index (χ4n) is 3.18. The van der Waals surface area contributed by atoms with E-state index in [1.54, 1.807) is 48.1 Å². The fraction of sp³-hybridized carbons (Fsp3) is 0.227. The number of anilines is 2. The van der Waals surface area contributed by atoms with Crippen LogP contribution >= 0.6 is 23.2 Å². The summed E-state index contributed by atoms with van der Waals surface area (Å²) in [5.41, 5.74) is 4.49. The van der Waals surface area contributed by atoms with Crippen molar-refractivity contribution in [1.82, 2.24) is 9.78 Å². The van der Waals surface area contributed by atoms with Gasteiger partial charge in [0.15, 0.2) is 0 Å². The minimum absolute atomic E-state index is 0.169. The lowest BCUT2D eigenvalue weighted by atomic mass is 10.1. The van der Waals surface area contributed by atoms with Crippen LogP contribution in [0.15, 0.2) is 42.5 Å². The van der Waals surface area contributed by atoms with Gasteiger partial charge in [-0.05, 0) is 56.3 Å². The summed E-state index contributed by atoms with van der Waals surface area (Å²) >= 11 is 12.1. The summed E-state index contributed by atoms with van der Waals surface area (Å²) in [7, 11) is 2.93. The third kappa shape index (κ3) is 5.00. The van der Waals surface area contributed by atoms with Crippen LogP contribution in [0.3, 0.4) is 0 Å². The van der Waals surface area contributed by atoms with Gasteiger partial charge >= 0.3 is 6.09 Å². The van der Waals surface area contributed by atoms with E-state index in [0.29, 0.717) is 21.4 Å². The van der Waals surface area contributed by atoms with E-state index >= 15 is 0 Å². The number of carbonyl (C=O) groups excluding carboxylic acids is 2. The summed E-state index contributed by atoms with van der Waals surface area (Å²) in [4.78, 5) is 25.6. The number of halogens is 2. The average Bonchev–Trinajstić information content (AvgIpc) is 3.03. The molecule has 0 aliphatic heterocycles. The predicted octanol–water partition coefficient (Wildman–Crippen LogP) is 5.18. The Morgan fingerprint density at radius 3 is 2.39 bits per heavy atom. The lowest BCUT2D eigenvalue weighted by Crippen LogP contribution is -2.25. The highest BCUT2D eigenvalue weighted by atomic mass is 35.5. The van der Waals surface area contributed by atoms with Gasteiger partial charge in [0.1, 0.15) is 0 Å². The van der Waals surface area contributed by atoms with Crippen molar-refractivity contribution in [2.24, 2.45) is 0 Å². The van der Waals surface area contributed by atoms with Crippen LogP contribution in [0.2, 0.25) is 10.0 Å². The minimum atomic E-state index is -0.471. The zero-order valence-corrected chi connectivity index (χ0v) is 19.1. The third-order valence-electron chi connectivity index (χ3n) is 4.91. The van der Waals surface area contributed by atoms with Crippen LogP contribution in [0.4, 0.5) is 16.2 Å². The summed E-state index contributed by atoms with van der Waals surface area (Å²) in [5.74, 6) is -0.172. The van der Waals surface area contributed by atoms with E-state index in [-0.39, 0.29) is 12.3 Å². The van der Waals surface area contributed by atoms with E-state index in [9.17, 15) is 9.59 Å². The molecule has 1 heterocycles. The van der Waals surface area contributed by atoms with Crippen LogP contribution in [0, 0.1) is 13.8 Å². The molecule has 2 aromatic carbocycles. The number of ether oxygens (including phenoxy) is 1. The Labute approximate surface area is 190 Å². The molecule has 9 heteroatoms. The number of rotatable bonds is 5. The number of hydrogen-bond donors (Lipinski definition) is 1. The van der Waals surface area contributed by atoms with Gasteiger partial charge in [-0.1, -0.05) is 23.2 Å². The molecule has 0 saturated carbocycles. The lowest BCUT2D eigenvalue weighted by Gasteiger charge is -2.16. The lowest BCUT2D eigenvalue weighted by molar-refractivity contribution is -0.115. The van der Waals surface area contributed by atoms with Crippen molar-refractivity contribution in [3.63, 3.8) is 0 Å². The maximum Gasteiger partial charge on any atom is 0.413 e. The van der Waals surface area contributed by atoms with E-state index in [2.05, 4.69) is 10.4 Å². The van der Waals surface area contributed by atoms with Gasteiger partial charge in [0, 0.05) is 29.7 Å². The normalized spacial score (nSPS) is 10.6. The topological polar surface area (TPSA) is 76.5 Å². The molecular formula is C22H22Cl2N4O3. The first-order chi connectivity index (χ1) is 14.7. The van der Waals surface area contributed by atoms with E-state index in [1.807, 2.05) is 19.9 Å². The summed E-state index contributed by atoms with van der Waals surface area (Å²) in [6, 6.07) is 12.2. The molecule has 0 aliphatic carbocycles. The van der Waals surface area contributed by atoms with Crippen LogP contribution < -0.4 is 10.2 Å². The van der Waals surface area contributed by atoms with E-state index < -0.39 is 6.09 Å². The van der Waals surface area contributed by atoms with Crippen LogP contribution in [-0.2, 0) is 16.0 Å². The number of hydrogen-bond acceptors (Lipinski definition) is 4. The van der Waals surface area contributed by atoms with Gasteiger partial charge in [-0.25, -0.2) is 9.48 Å². The third-order valence-corrected chi connectivity index (χ3v) is 5.65.